The first-order valence-electron chi connectivity index (χ1n) is 6.97. The van der Waals surface area contributed by atoms with E-state index in [4.69, 9.17) is 0 Å². The van der Waals surface area contributed by atoms with Gasteiger partial charge in [-0.15, -0.1) is 0 Å². The molecule has 1 aliphatic carbocycles. The molecule has 2 N–H and O–H groups in total. The van der Waals surface area contributed by atoms with Gasteiger partial charge in [-0.25, -0.2) is 0 Å². The van der Waals surface area contributed by atoms with Gasteiger partial charge in [0, 0.05) is 17.8 Å². The van der Waals surface area contributed by atoms with Crippen molar-refractivity contribution in [1.82, 2.24) is 10.3 Å². The van der Waals surface area contributed by atoms with Crippen LogP contribution < -0.4 is 5.32 Å². The number of aryl methyl sites for hydroxylation is 1. The highest BCUT2D eigenvalue weighted by Crippen LogP contribution is 2.25. The van der Waals surface area contributed by atoms with E-state index in [0.29, 0.717) is 0 Å². The Morgan fingerprint density at radius 1 is 1.37 bits per heavy atom. The van der Waals surface area contributed by atoms with Crippen LogP contribution in [0.15, 0.2) is 18.3 Å². The summed E-state index contributed by atoms with van der Waals surface area (Å²) in [5.41, 5.74) is 2.00. The van der Waals surface area contributed by atoms with E-state index >= 15 is 0 Å². The Hall–Kier alpha value is -1.42. The maximum Gasteiger partial charge on any atom is 0.223 e. The normalized spacial score (nSPS) is 24.8. The lowest BCUT2D eigenvalue weighted by molar-refractivity contribution is -0.127. The largest absolute Gasteiger partial charge is 0.393 e. The second kappa shape index (κ2) is 6.15. The summed E-state index contributed by atoms with van der Waals surface area (Å²) in [7, 11) is 0. The number of pyridine rings is 1. The molecule has 1 aromatic heterocycles. The number of aliphatic hydroxyl groups is 1. The summed E-state index contributed by atoms with van der Waals surface area (Å²) >= 11 is 0. The summed E-state index contributed by atoms with van der Waals surface area (Å²) in [5, 5.41) is 12.5. The molecule has 0 unspecified atom stereocenters. The number of rotatable bonds is 3. The van der Waals surface area contributed by atoms with Gasteiger partial charge in [-0.2, -0.15) is 0 Å². The number of hydrogen-bond acceptors (Lipinski definition) is 3. The quantitative estimate of drug-likeness (QED) is 0.877. The molecule has 0 spiro atoms. The van der Waals surface area contributed by atoms with Crippen LogP contribution in [0, 0.1) is 12.8 Å². The minimum absolute atomic E-state index is 0.0209. The van der Waals surface area contributed by atoms with Crippen LogP contribution in [0.4, 0.5) is 0 Å². The summed E-state index contributed by atoms with van der Waals surface area (Å²) in [6.45, 7) is 3.92. The molecule has 1 aliphatic rings. The van der Waals surface area contributed by atoms with Gasteiger partial charge in [-0.3, -0.25) is 9.78 Å². The van der Waals surface area contributed by atoms with Crippen molar-refractivity contribution >= 4 is 5.91 Å². The Morgan fingerprint density at radius 3 is 2.63 bits per heavy atom. The van der Waals surface area contributed by atoms with Crippen LogP contribution >= 0.6 is 0 Å². The average molecular weight is 262 g/mol. The predicted molar refractivity (Wildman–Crippen MR) is 73.5 cm³/mol. The van der Waals surface area contributed by atoms with Crippen molar-refractivity contribution in [3.63, 3.8) is 0 Å². The molecular formula is C15H22N2O2. The molecule has 4 heteroatoms. The molecule has 0 aromatic carbocycles. The SMILES string of the molecule is Cc1ccc([C@@H](C)NC(=O)C2CCC(O)CC2)cn1. The zero-order valence-corrected chi connectivity index (χ0v) is 11.6. The van der Waals surface area contributed by atoms with Gasteiger partial charge in [0.15, 0.2) is 0 Å². The Kier molecular flexibility index (Phi) is 4.53. The lowest BCUT2D eigenvalue weighted by Gasteiger charge is -2.26. The van der Waals surface area contributed by atoms with Gasteiger partial charge in [0.25, 0.3) is 0 Å². The standard InChI is InChI=1S/C15H22N2O2/c1-10-3-4-13(9-16-10)11(2)17-15(19)12-5-7-14(18)8-6-12/h3-4,9,11-12,14,18H,5-8H2,1-2H3,(H,17,19)/t11-,12?,14?/m1/s1. The second-order valence-corrected chi connectivity index (χ2v) is 5.47. The van der Waals surface area contributed by atoms with E-state index in [9.17, 15) is 9.90 Å². The van der Waals surface area contributed by atoms with Crippen LogP contribution in [0.1, 0.15) is 49.9 Å². The van der Waals surface area contributed by atoms with Crippen molar-refractivity contribution in [2.45, 2.75) is 51.7 Å². The molecule has 2 rings (SSSR count). The number of carbonyl (C=O) groups excluding carboxylic acids is 1. The number of aliphatic hydroxyl groups excluding tert-OH is 1. The molecule has 1 atom stereocenters. The molecule has 0 radical (unpaired) electrons. The fraction of sp³-hybridized carbons (Fsp3) is 0.600. The Bertz CT molecular complexity index is 422. The van der Waals surface area contributed by atoms with Crippen molar-refractivity contribution in [3.05, 3.63) is 29.6 Å². The smallest absolute Gasteiger partial charge is 0.223 e. The van der Waals surface area contributed by atoms with Gasteiger partial charge in [0.2, 0.25) is 5.91 Å². The molecule has 19 heavy (non-hydrogen) atoms. The Balaban J connectivity index is 1.89. The summed E-state index contributed by atoms with van der Waals surface area (Å²) < 4.78 is 0. The van der Waals surface area contributed by atoms with Crippen molar-refractivity contribution in [2.75, 3.05) is 0 Å². The van der Waals surface area contributed by atoms with E-state index in [1.165, 1.54) is 0 Å². The molecule has 0 saturated heterocycles. The van der Waals surface area contributed by atoms with Crippen molar-refractivity contribution in [3.8, 4) is 0 Å². The van der Waals surface area contributed by atoms with Gasteiger partial charge in [-0.05, 0) is 51.2 Å². The van der Waals surface area contributed by atoms with E-state index in [0.717, 1.165) is 36.9 Å². The molecule has 1 saturated carbocycles. The van der Waals surface area contributed by atoms with Gasteiger partial charge >= 0.3 is 0 Å². The predicted octanol–water partition coefficient (Wildman–Crippen LogP) is 2.12. The lowest BCUT2D eigenvalue weighted by atomic mass is 9.86. The topological polar surface area (TPSA) is 62.2 Å². The molecule has 0 bridgehead atoms. The van der Waals surface area contributed by atoms with E-state index in [2.05, 4.69) is 10.3 Å². The van der Waals surface area contributed by atoms with Crippen molar-refractivity contribution in [1.29, 1.82) is 0 Å². The maximum atomic E-state index is 12.1. The third-order valence-corrected chi connectivity index (χ3v) is 3.86. The van der Waals surface area contributed by atoms with Gasteiger partial charge in [-0.1, -0.05) is 6.07 Å². The van der Waals surface area contributed by atoms with Crippen LogP contribution in [0.2, 0.25) is 0 Å². The third-order valence-electron chi connectivity index (χ3n) is 3.86. The molecule has 4 nitrogen and oxygen atoms in total. The zero-order valence-electron chi connectivity index (χ0n) is 11.6. The monoisotopic (exact) mass is 262 g/mol. The first kappa shape index (κ1) is 14.0. The van der Waals surface area contributed by atoms with E-state index in [-0.39, 0.29) is 24.0 Å². The van der Waals surface area contributed by atoms with Crippen LogP contribution in [0.25, 0.3) is 0 Å². The zero-order chi connectivity index (χ0) is 13.8. The van der Waals surface area contributed by atoms with Crippen molar-refractivity contribution in [2.24, 2.45) is 5.92 Å². The number of amides is 1. The van der Waals surface area contributed by atoms with Crippen LogP contribution in [-0.4, -0.2) is 22.1 Å². The number of nitrogens with zero attached hydrogens (tertiary/aromatic N) is 1. The minimum Gasteiger partial charge on any atom is -0.393 e. The van der Waals surface area contributed by atoms with Crippen LogP contribution in [-0.2, 0) is 4.79 Å². The molecule has 1 aromatic rings. The number of aromatic nitrogens is 1. The highest BCUT2D eigenvalue weighted by atomic mass is 16.3. The van der Waals surface area contributed by atoms with Gasteiger partial charge < -0.3 is 10.4 Å². The van der Waals surface area contributed by atoms with Crippen molar-refractivity contribution < 1.29 is 9.90 Å². The first-order chi connectivity index (χ1) is 9.06. The number of carbonyl (C=O) groups is 1. The Labute approximate surface area is 114 Å². The van der Waals surface area contributed by atoms with Gasteiger partial charge in [0.1, 0.15) is 0 Å². The third kappa shape index (κ3) is 3.77. The average Bonchev–Trinajstić information content (AvgIpc) is 2.40. The highest BCUT2D eigenvalue weighted by molar-refractivity contribution is 5.79. The second-order valence-electron chi connectivity index (χ2n) is 5.47. The van der Waals surface area contributed by atoms with Crippen LogP contribution in [0.5, 0.6) is 0 Å². The van der Waals surface area contributed by atoms with E-state index in [1.54, 1.807) is 0 Å². The molecule has 104 valence electrons. The molecule has 1 fully saturated rings. The lowest BCUT2D eigenvalue weighted by Crippen LogP contribution is -2.35. The molecule has 1 heterocycles. The van der Waals surface area contributed by atoms with Gasteiger partial charge in [0.05, 0.1) is 12.1 Å². The summed E-state index contributed by atoms with van der Waals surface area (Å²) in [5.74, 6) is 0.143. The molecule has 1 amide bonds. The Morgan fingerprint density at radius 2 is 2.05 bits per heavy atom. The first-order valence-corrected chi connectivity index (χ1v) is 6.97. The fourth-order valence-electron chi connectivity index (χ4n) is 2.49. The van der Waals surface area contributed by atoms with E-state index in [1.807, 2.05) is 32.2 Å². The number of hydrogen-bond donors (Lipinski definition) is 2. The number of nitrogens with one attached hydrogen (secondary N) is 1. The maximum absolute atomic E-state index is 12.1. The molecular weight excluding hydrogens is 240 g/mol. The molecule has 0 aliphatic heterocycles. The minimum atomic E-state index is -0.220. The summed E-state index contributed by atoms with van der Waals surface area (Å²) in [6.07, 6.45) is 4.63. The highest BCUT2D eigenvalue weighted by Gasteiger charge is 2.26. The van der Waals surface area contributed by atoms with E-state index < -0.39 is 0 Å². The summed E-state index contributed by atoms with van der Waals surface area (Å²) in [4.78, 5) is 16.4. The van der Waals surface area contributed by atoms with Crippen LogP contribution in [0.3, 0.4) is 0 Å². The fourth-order valence-corrected chi connectivity index (χ4v) is 2.49. The summed E-state index contributed by atoms with van der Waals surface area (Å²) in [6, 6.07) is 3.93.